The molecule has 6 nitrogen and oxygen atoms in total. The maximum absolute atomic E-state index is 12.5. The monoisotopic (exact) mass is 357 g/mol. The molecule has 25 heavy (non-hydrogen) atoms. The number of benzene rings is 1. The highest BCUT2D eigenvalue weighted by Crippen LogP contribution is 2.26. The fourth-order valence-electron chi connectivity index (χ4n) is 3.04. The number of hydrogen-bond acceptors (Lipinski definition) is 4. The van der Waals surface area contributed by atoms with Crippen molar-refractivity contribution in [1.29, 1.82) is 5.26 Å². The van der Waals surface area contributed by atoms with E-state index >= 15 is 0 Å². The third kappa shape index (κ3) is 4.01. The number of nitrogens with zero attached hydrogens (tertiary/aromatic N) is 3. The Morgan fingerprint density at radius 2 is 2.16 bits per heavy atom. The third-order valence-electron chi connectivity index (χ3n) is 4.57. The Bertz CT molecular complexity index is 789. The number of aromatic amines is 1. The van der Waals surface area contributed by atoms with Gasteiger partial charge in [-0.25, -0.2) is 4.98 Å². The van der Waals surface area contributed by atoms with Crippen LogP contribution in [0.1, 0.15) is 46.7 Å². The van der Waals surface area contributed by atoms with E-state index in [1.54, 1.807) is 24.3 Å². The summed E-state index contributed by atoms with van der Waals surface area (Å²) in [6.07, 6.45) is 3.57. The molecule has 1 fully saturated rings. The van der Waals surface area contributed by atoms with Crippen molar-refractivity contribution in [1.82, 2.24) is 20.2 Å². The lowest BCUT2D eigenvalue weighted by Crippen LogP contribution is -2.30. The molecule has 1 saturated heterocycles. The van der Waals surface area contributed by atoms with Gasteiger partial charge in [0.15, 0.2) is 0 Å². The second-order valence-corrected chi connectivity index (χ2v) is 6.72. The third-order valence-corrected chi connectivity index (χ3v) is 4.91. The molecule has 0 saturated carbocycles. The highest BCUT2D eigenvalue weighted by Gasteiger charge is 2.23. The van der Waals surface area contributed by atoms with Crippen molar-refractivity contribution in [3.63, 3.8) is 0 Å². The number of likely N-dealkylation sites (tertiary alicyclic amines) is 1. The first-order valence-electron chi connectivity index (χ1n) is 8.27. The van der Waals surface area contributed by atoms with Crippen molar-refractivity contribution in [2.75, 3.05) is 20.1 Å². The number of nitrogens with one attached hydrogen (secondary N) is 2. The molecule has 1 aliphatic rings. The molecule has 0 spiro atoms. The van der Waals surface area contributed by atoms with E-state index in [0.29, 0.717) is 22.2 Å². The second kappa shape index (κ2) is 7.68. The van der Waals surface area contributed by atoms with E-state index < -0.39 is 6.04 Å². The van der Waals surface area contributed by atoms with Crippen LogP contribution in [-0.2, 0) is 0 Å². The minimum Gasteiger partial charge on any atom is -0.338 e. The predicted octanol–water partition coefficient (Wildman–Crippen LogP) is 2.87. The van der Waals surface area contributed by atoms with E-state index in [9.17, 15) is 10.1 Å². The number of piperidine rings is 1. The number of aromatic nitrogens is 2. The number of carbonyl (C=O) groups excluding carboxylic acids is 1. The highest BCUT2D eigenvalue weighted by atomic mass is 35.5. The molecule has 1 unspecified atom stereocenters. The van der Waals surface area contributed by atoms with Crippen LogP contribution in [0.3, 0.4) is 0 Å². The Morgan fingerprint density at radius 3 is 2.84 bits per heavy atom. The SMILES string of the molecule is CN1CCC(c2ncc(C(=O)NC(C#N)c3ccccc3Cl)[nH]2)CC1. The van der Waals surface area contributed by atoms with Crippen molar-refractivity contribution in [2.45, 2.75) is 24.8 Å². The number of amides is 1. The van der Waals surface area contributed by atoms with Crippen LogP contribution in [0.2, 0.25) is 5.02 Å². The van der Waals surface area contributed by atoms with Crippen LogP contribution >= 0.6 is 11.6 Å². The maximum atomic E-state index is 12.5. The molecule has 2 N–H and O–H groups in total. The van der Waals surface area contributed by atoms with E-state index in [2.05, 4.69) is 33.3 Å². The van der Waals surface area contributed by atoms with Gasteiger partial charge < -0.3 is 15.2 Å². The van der Waals surface area contributed by atoms with Gasteiger partial charge in [-0.3, -0.25) is 4.79 Å². The largest absolute Gasteiger partial charge is 0.338 e. The van der Waals surface area contributed by atoms with Gasteiger partial charge in [0.1, 0.15) is 17.6 Å². The summed E-state index contributed by atoms with van der Waals surface area (Å²) < 4.78 is 0. The van der Waals surface area contributed by atoms with Gasteiger partial charge in [-0.1, -0.05) is 29.8 Å². The smallest absolute Gasteiger partial charge is 0.270 e. The number of nitriles is 1. The molecule has 0 bridgehead atoms. The Morgan fingerprint density at radius 1 is 1.44 bits per heavy atom. The summed E-state index contributed by atoms with van der Waals surface area (Å²) in [5, 5.41) is 12.5. The van der Waals surface area contributed by atoms with Gasteiger partial charge in [0.2, 0.25) is 0 Å². The van der Waals surface area contributed by atoms with Crippen LogP contribution in [0, 0.1) is 11.3 Å². The second-order valence-electron chi connectivity index (χ2n) is 6.32. The van der Waals surface area contributed by atoms with E-state index in [1.165, 1.54) is 6.20 Å². The zero-order valence-corrected chi connectivity index (χ0v) is 14.8. The summed E-state index contributed by atoms with van der Waals surface area (Å²) in [5.74, 6) is 0.815. The lowest BCUT2D eigenvalue weighted by atomic mass is 9.97. The van der Waals surface area contributed by atoms with E-state index in [1.807, 2.05) is 0 Å². The predicted molar refractivity (Wildman–Crippen MR) is 95.3 cm³/mol. The molecule has 130 valence electrons. The summed E-state index contributed by atoms with van der Waals surface area (Å²) in [4.78, 5) is 22.2. The molecule has 7 heteroatoms. The quantitative estimate of drug-likeness (QED) is 0.881. The molecule has 1 aromatic heterocycles. The van der Waals surface area contributed by atoms with Crippen LogP contribution in [0.4, 0.5) is 0 Å². The summed E-state index contributed by atoms with van der Waals surface area (Å²) >= 11 is 6.12. The Hall–Kier alpha value is -2.36. The number of imidazole rings is 1. The van der Waals surface area contributed by atoms with Crippen molar-refractivity contribution in [3.8, 4) is 6.07 Å². The fourth-order valence-corrected chi connectivity index (χ4v) is 3.28. The Kier molecular flexibility index (Phi) is 5.37. The average molecular weight is 358 g/mol. The number of halogens is 1. The van der Waals surface area contributed by atoms with Gasteiger partial charge >= 0.3 is 0 Å². The maximum Gasteiger partial charge on any atom is 0.270 e. The minimum atomic E-state index is -0.809. The van der Waals surface area contributed by atoms with Crippen molar-refractivity contribution in [2.24, 2.45) is 0 Å². The first-order valence-corrected chi connectivity index (χ1v) is 8.64. The lowest BCUT2D eigenvalue weighted by molar-refractivity contribution is 0.0940. The van der Waals surface area contributed by atoms with Crippen molar-refractivity contribution >= 4 is 17.5 Å². The summed E-state index contributed by atoms with van der Waals surface area (Å²) in [7, 11) is 2.11. The van der Waals surface area contributed by atoms with Crippen molar-refractivity contribution in [3.05, 3.63) is 52.6 Å². The molecular formula is C18H20ClN5O. The Balaban J connectivity index is 1.69. The summed E-state index contributed by atoms with van der Waals surface area (Å²) in [6, 6.07) is 8.26. The molecular weight excluding hydrogens is 338 g/mol. The van der Waals surface area contributed by atoms with Gasteiger partial charge in [-0.2, -0.15) is 5.26 Å². The molecule has 1 amide bonds. The zero-order valence-electron chi connectivity index (χ0n) is 14.0. The standard InChI is InChI=1S/C18H20ClN5O/c1-24-8-6-12(7-9-24)17-21-11-16(22-17)18(25)23-15(10-20)13-4-2-3-5-14(13)19/h2-5,11-12,15H,6-9H2,1H3,(H,21,22)(H,23,25). The topological polar surface area (TPSA) is 84.8 Å². The summed E-state index contributed by atoms with van der Waals surface area (Å²) in [6.45, 7) is 2.05. The molecule has 1 atom stereocenters. The van der Waals surface area contributed by atoms with E-state index in [-0.39, 0.29) is 5.91 Å². The van der Waals surface area contributed by atoms with Gasteiger partial charge in [-0.15, -0.1) is 0 Å². The molecule has 0 aliphatic carbocycles. The number of hydrogen-bond donors (Lipinski definition) is 2. The van der Waals surface area contributed by atoms with Gasteiger partial charge in [0, 0.05) is 16.5 Å². The van der Waals surface area contributed by atoms with Crippen LogP contribution in [0.5, 0.6) is 0 Å². The van der Waals surface area contributed by atoms with Gasteiger partial charge in [0.25, 0.3) is 5.91 Å². The molecule has 3 rings (SSSR count). The van der Waals surface area contributed by atoms with Crippen LogP contribution in [0.15, 0.2) is 30.5 Å². The minimum absolute atomic E-state index is 0.341. The normalized spacial score (nSPS) is 17.0. The van der Waals surface area contributed by atoms with E-state index in [0.717, 1.165) is 31.8 Å². The van der Waals surface area contributed by atoms with Gasteiger partial charge in [0.05, 0.1) is 12.3 Å². The van der Waals surface area contributed by atoms with Crippen LogP contribution < -0.4 is 5.32 Å². The average Bonchev–Trinajstić information content (AvgIpc) is 3.11. The molecule has 1 aliphatic heterocycles. The van der Waals surface area contributed by atoms with E-state index in [4.69, 9.17) is 11.6 Å². The Labute approximate surface area is 151 Å². The molecule has 0 radical (unpaired) electrons. The molecule has 1 aromatic carbocycles. The first kappa shape index (κ1) is 17.5. The number of carbonyl (C=O) groups is 1. The fraction of sp³-hybridized carbons (Fsp3) is 0.389. The number of H-pyrrole nitrogens is 1. The van der Waals surface area contributed by atoms with Crippen LogP contribution in [0.25, 0.3) is 0 Å². The first-order chi connectivity index (χ1) is 12.1. The number of rotatable bonds is 4. The highest BCUT2D eigenvalue weighted by molar-refractivity contribution is 6.31. The summed E-state index contributed by atoms with van der Waals surface area (Å²) in [5.41, 5.74) is 0.941. The van der Waals surface area contributed by atoms with Crippen LogP contribution in [-0.4, -0.2) is 40.9 Å². The molecule has 2 heterocycles. The molecule has 2 aromatic rings. The van der Waals surface area contributed by atoms with Gasteiger partial charge in [-0.05, 0) is 39.0 Å². The lowest BCUT2D eigenvalue weighted by Gasteiger charge is -2.27. The zero-order chi connectivity index (χ0) is 17.8. The van der Waals surface area contributed by atoms with Crippen molar-refractivity contribution < 1.29 is 4.79 Å².